The summed E-state index contributed by atoms with van der Waals surface area (Å²) >= 11 is 0. The Hall–Kier alpha value is -4.25. The molecule has 1 aromatic carbocycles. The van der Waals surface area contributed by atoms with E-state index in [2.05, 4.69) is 31.3 Å². The smallest absolute Gasteiger partial charge is 0.236 e. The van der Waals surface area contributed by atoms with Crippen LogP contribution in [0.2, 0.25) is 0 Å². The molecule has 0 bridgehead atoms. The summed E-state index contributed by atoms with van der Waals surface area (Å²) in [6, 6.07) is 9.53. The molecule has 0 saturated carbocycles. The maximum absolute atomic E-state index is 12.7. The first kappa shape index (κ1) is 20.0. The number of Topliss-reactive ketones (excluding diaryl/α,β-unsaturated/α-hetero) is 1. The number of benzene rings is 1. The summed E-state index contributed by atoms with van der Waals surface area (Å²) < 4.78 is 5.18. The topological polar surface area (TPSA) is 120 Å². The molecule has 0 spiro atoms. The number of fused-ring (bicyclic) bond motifs is 1. The first-order chi connectivity index (χ1) is 14.8. The average molecular weight is 412 g/mol. The molecule has 8 heteroatoms. The van der Waals surface area contributed by atoms with Gasteiger partial charge in [-0.15, -0.1) is 0 Å². The van der Waals surface area contributed by atoms with Crippen molar-refractivity contribution >= 4 is 40.1 Å². The van der Waals surface area contributed by atoms with Crippen LogP contribution in [0.4, 0.5) is 11.5 Å². The second-order valence-electron chi connectivity index (χ2n) is 7.99. The van der Waals surface area contributed by atoms with Crippen LogP contribution in [0.5, 0.6) is 0 Å². The van der Waals surface area contributed by atoms with Crippen molar-refractivity contribution in [3.05, 3.63) is 66.1 Å². The third kappa shape index (κ3) is 4.21. The van der Waals surface area contributed by atoms with Crippen LogP contribution in [0.3, 0.4) is 0 Å². The lowest BCUT2D eigenvalue weighted by molar-refractivity contribution is 0.0860. The molecule has 8 nitrogen and oxygen atoms in total. The predicted molar refractivity (Wildman–Crippen MR) is 117 cm³/mol. The molecular formula is C23H20N6O2. The number of ketones is 1. The zero-order chi connectivity index (χ0) is 22.0. The van der Waals surface area contributed by atoms with Crippen molar-refractivity contribution in [2.75, 3.05) is 5.32 Å². The number of aromatic nitrogens is 4. The summed E-state index contributed by atoms with van der Waals surface area (Å²) in [5, 5.41) is 12.5. The van der Waals surface area contributed by atoms with Crippen LogP contribution in [-0.4, -0.2) is 25.7 Å². The van der Waals surface area contributed by atoms with E-state index in [1.807, 2.05) is 45.0 Å². The van der Waals surface area contributed by atoms with Crippen molar-refractivity contribution in [3.63, 3.8) is 0 Å². The fraction of sp³-hybridized carbons (Fsp3) is 0.174. The van der Waals surface area contributed by atoms with Gasteiger partial charge in [-0.3, -0.25) is 4.79 Å². The van der Waals surface area contributed by atoms with E-state index in [4.69, 9.17) is 4.42 Å². The molecule has 0 aliphatic rings. The van der Waals surface area contributed by atoms with Crippen molar-refractivity contribution in [1.29, 1.82) is 5.26 Å². The number of oxazole rings is 1. The van der Waals surface area contributed by atoms with Crippen LogP contribution < -0.4 is 5.32 Å². The van der Waals surface area contributed by atoms with E-state index in [1.165, 1.54) is 12.5 Å². The monoisotopic (exact) mass is 412 g/mol. The van der Waals surface area contributed by atoms with Gasteiger partial charge in [-0.25, -0.2) is 15.0 Å². The average Bonchev–Trinajstić information content (AvgIpc) is 3.42. The highest BCUT2D eigenvalue weighted by Crippen LogP contribution is 2.26. The van der Waals surface area contributed by atoms with Crippen LogP contribution >= 0.6 is 0 Å². The Bertz CT molecular complexity index is 1300. The number of hydrogen-bond acceptors (Lipinski definition) is 7. The quantitative estimate of drug-likeness (QED) is 0.350. The number of H-pyrrole nitrogens is 1. The third-order valence-electron chi connectivity index (χ3n) is 4.58. The second kappa shape index (κ2) is 7.88. The number of hydrogen-bond donors (Lipinski definition) is 2. The molecule has 0 fully saturated rings. The zero-order valence-corrected chi connectivity index (χ0v) is 17.3. The van der Waals surface area contributed by atoms with Gasteiger partial charge in [0.15, 0.2) is 11.4 Å². The molecular weight excluding hydrogens is 392 g/mol. The Morgan fingerprint density at radius 2 is 2.00 bits per heavy atom. The van der Waals surface area contributed by atoms with Gasteiger partial charge in [-0.05, 0) is 23.8 Å². The van der Waals surface area contributed by atoms with Crippen molar-refractivity contribution in [2.24, 2.45) is 5.41 Å². The van der Waals surface area contributed by atoms with Crippen LogP contribution in [0.1, 0.15) is 42.6 Å². The molecule has 0 saturated heterocycles. The fourth-order valence-electron chi connectivity index (χ4n) is 3.00. The van der Waals surface area contributed by atoms with E-state index in [0.717, 1.165) is 11.3 Å². The molecule has 154 valence electrons. The summed E-state index contributed by atoms with van der Waals surface area (Å²) in [4.78, 5) is 28.7. The Morgan fingerprint density at radius 1 is 1.23 bits per heavy atom. The van der Waals surface area contributed by atoms with Gasteiger partial charge in [0, 0.05) is 17.3 Å². The number of anilines is 2. The number of nitrogens with zero attached hydrogens (tertiary/aromatic N) is 4. The fourth-order valence-corrected chi connectivity index (χ4v) is 3.00. The van der Waals surface area contributed by atoms with Gasteiger partial charge in [-0.2, -0.15) is 5.26 Å². The Morgan fingerprint density at radius 3 is 2.65 bits per heavy atom. The van der Waals surface area contributed by atoms with Crippen LogP contribution in [0.15, 0.2) is 53.5 Å². The van der Waals surface area contributed by atoms with Crippen LogP contribution in [0, 0.1) is 16.7 Å². The van der Waals surface area contributed by atoms with Gasteiger partial charge in [-0.1, -0.05) is 32.9 Å². The zero-order valence-electron chi connectivity index (χ0n) is 17.3. The molecule has 0 atom stereocenters. The Balaban J connectivity index is 1.57. The van der Waals surface area contributed by atoms with Crippen LogP contribution in [-0.2, 0) is 0 Å². The van der Waals surface area contributed by atoms with Crippen LogP contribution in [0.25, 0.3) is 22.8 Å². The van der Waals surface area contributed by atoms with E-state index >= 15 is 0 Å². The SMILES string of the molecule is CC(C)(C)C(=O)c1c[nH]c2ncc(Nc3ccc(/C=C(/C#N)c4ncco4)cc3)nc12. The Labute approximate surface area is 178 Å². The van der Waals surface area contributed by atoms with E-state index in [-0.39, 0.29) is 11.7 Å². The van der Waals surface area contributed by atoms with Crippen molar-refractivity contribution < 1.29 is 9.21 Å². The number of nitriles is 1. The largest absolute Gasteiger partial charge is 0.444 e. The van der Waals surface area contributed by atoms with Crippen molar-refractivity contribution in [3.8, 4) is 6.07 Å². The minimum atomic E-state index is -0.517. The summed E-state index contributed by atoms with van der Waals surface area (Å²) in [7, 11) is 0. The number of rotatable bonds is 5. The molecule has 2 N–H and O–H groups in total. The molecule has 0 radical (unpaired) electrons. The predicted octanol–water partition coefficient (Wildman–Crippen LogP) is 4.98. The Kier molecular flexibility index (Phi) is 5.09. The molecule has 0 aliphatic heterocycles. The van der Waals surface area contributed by atoms with Gasteiger partial charge < -0.3 is 14.7 Å². The lowest BCUT2D eigenvalue weighted by Crippen LogP contribution is -2.20. The highest BCUT2D eigenvalue weighted by Gasteiger charge is 2.26. The van der Waals surface area contributed by atoms with E-state index in [9.17, 15) is 10.1 Å². The lowest BCUT2D eigenvalue weighted by atomic mass is 9.87. The molecule has 4 aromatic rings. The maximum Gasteiger partial charge on any atom is 0.236 e. The number of carbonyl (C=O) groups excluding carboxylic acids is 1. The standard InChI is InChI=1S/C23H20N6O2/c1-23(2,3)20(30)17-12-26-21-19(17)29-18(13-27-21)28-16-6-4-14(5-7-16)10-15(11-24)22-25-8-9-31-22/h4-10,12-13H,1-3H3,(H,26,27)(H,28,29)/b15-10-. The molecule has 31 heavy (non-hydrogen) atoms. The molecule has 0 unspecified atom stereocenters. The normalized spacial score (nSPS) is 12.0. The van der Waals surface area contributed by atoms with Gasteiger partial charge in [0.25, 0.3) is 0 Å². The molecule has 4 rings (SSSR count). The molecule has 3 heterocycles. The molecule has 0 amide bonds. The third-order valence-corrected chi connectivity index (χ3v) is 4.58. The van der Waals surface area contributed by atoms with Gasteiger partial charge >= 0.3 is 0 Å². The minimum Gasteiger partial charge on any atom is -0.444 e. The first-order valence-electron chi connectivity index (χ1n) is 9.63. The van der Waals surface area contributed by atoms with Crippen molar-refractivity contribution in [2.45, 2.75) is 20.8 Å². The highest BCUT2D eigenvalue weighted by molar-refractivity contribution is 6.08. The summed E-state index contributed by atoms with van der Waals surface area (Å²) in [6.07, 6.45) is 7.89. The number of aromatic amines is 1. The van der Waals surface area contributed by atoms with Gasteiger partial charge in [0.05, 0.1) is 18.0 Å². The summed E-state index contributed by atoms with van der Waals surface area (Å²) in [6.45, 7) is 5.62. The lowest BCUT2D eigenvalue weighted by Gasteiger charge is -2.15. The second-order valence-corrected chi connectivity index (χ2v) is 7.99. The van der Waals surface area contributed by atoms with E-state index in [1.54, 1.807) is 18.5 Å². The van der Waals surface area contributed by atoms with Gasteiger partial charge in [0.1, 0.15) is 29.2 Å². The van der Waals surface area contributed by atoms with E-state index in [0.29, 0.717) is 28.1 Å². The summed E-state index contributed by atoms with van der Waals surface area (Å²) in [5.74, 6) is 0.803. The maximum atomic E-state index is 12.7. The molecule has 0 aliphatic carbocycles. The number of allylic oxidation sites excluding steroid dienone is 1. The van der Waals surface area contributed by atoms with E-state index < -0.39 is 5.41 Å². The first-order valence-corrected chi connectivity index (χ1v) is 9.63. The number of nitrogens with one attached hydrogen (secondary N) is 2. The number of carbonyl (C=O) groups is 1. The minimum absolute atomic E-state index is 0.000633. The van der Waals surface area contributed by atoms with Gasteiger partial charge in [0.2, 0.25) is 5.89 Å². The highest BCUT2D eigenvalue weighted by atomic mass is 16.3. The molecule has 3 aromatic heterocycles. The van der Waals surface area contributed by atoms with Crippen molar-refractivity contribution in [1.82, 2.24) is 19.9 Å². The summed E-state index contributed by atoms with van der Waals surface area (Å²) in [5.41, 5.74) is 3.06.